The molecule has 1 unspecified atom stereocenters. The van der Waals surface area contributed by atoms with Crippen molar-refractivity contribution in [2.24, 2.45) is 5.41 Å². The molecule has 1 aromatic heterocycles. The highest BCUT2D eigenvalue weighted by atomic mass is 16.4. The van der Waals surface area contributed by atoms with Gasteiger partial charge in [-0.1, -0.05) is 0 Å². The molecular formula is C11H14N4O3. The molecule has 1 amide bonds. The van der Waals surface area contributed by atoms with Crippen molar-refractivity contribution in [1.82, 2.24) is 14.9 Å². The molecule has 0 saturated carbocycles. The number of likely N-dealkylation sites (tertiary alicyclic amines) is 1. The van der Waals surface area contributed by atoms with Crippen molar-refractivity contribution in [3.05, 3.63) is 18.1 Å². The largest absolute Gasteiger partial charge is 0.481 e. The molecule has 0 aliphatic carbocycles. The minimum atomic E-state index is -0.898. The van der Waals surface area contributed by atoms with E-state index in [1.807, 2.05) is 0 Å². The van der Waals surface area contributed by atoms with E-state index in [0.717, 1.165) is 0 Å². The lowest BCUT2D eigenvalue weighted by molar-refractivity contribution is -0.147. The van der Waals surface area contributed by atoms with Crippen molar-refractivity contribution in [3.63, 3.8) is 0 Å². The predicted octanol–water partition coefficient (Wildman–Crippen LogP) is -0.00440. The van der Waals surface area contributed by atoms with Gasteiger partial charge in [-0.05, 0) is 13.3 Å². The Morgan fingerprint density at radius 3 is 2.67 bits per heavy atom. The summed E-state index contributed by atoms with van der Waals surface area (Å²) < 4.78 is 0. The first-order valence-electron chi connectivity index (χ1n) is 5.53. The number of aromatic nitrogens is 2. The van der Waals surface area contributed by atoms with Crippen LogP contribution in [0.15, 0.2) is 12.4 Å². The third-order valence-electron chi connectivity index (χ3n) is 3.21. The van der Waals surface area contributed by atoms with E-state index in [-0.39, 0.29) is 24.0 Å². The molecule has 7 heteroatoms. The van der Waals surface area contributed by atoms with Crippen molar-refractivity contribution in [1.29, 1.82) is 0 Å². The van der Waals surface area contributed by atoms with E-state index in [9.17, 15) is 9.59 Å². The summed E-state index contributed by atoms with van der Waals surface area (Å²) in [6.45, 7) is 2.18. The summed E-state index contributed by atoms with van der Waals surface area (Å²) >= 11 is 0. The van der Waals surface area contributed by atoms with Gasteiger partial charge in [-0.3, -0.25) is 9.59 Å². The van der Waals surface area contributed by atoms with Crippen molar-refractivity contribution in [2.45, 2.75) is 13.3 Å². The number of nitrogens with zero attached hydrogens (tertiary/aromatic N) is 3. The first-order chi connectivity index (χ1) is 8.44. The average Bonchev–Trinajstić information content (AvgIpc) is 2.73. The highest BCUT2D eigenvalue weighted by molar-refractivity contribution is 5.96. The number of carbonyl (C=O) groups excluding carboxylic acids is 1. The zero-order valence-corrected chi connectivity index (χ0v) is 9.96. The molecule has 1 aromatic rings. The van der Waals surface area contributed by atoms with Gasteiger partial charge in [-0.2, -0.15) is 0 Å². The number of carboxylic acid groups (broad SMARTS) is 1. The van der Waals surface area contributed by atoms with Gasteiger partial charge in [0.1, 0.15) is 0 Å². The summed E-state index contributed by atoms with van der Waals surface area (Å²) in [4.78, 5) is 32.4. The Balaban J connectivity index is 2.18. The fourth-order valence-corrected chi connectivity index (χ4v) is 1.97. The smallest absolute Gasteiger partial charge is 0.311 e. The lowest BCUT2D eigenvalue weighted by atomic mass is 9.90. The van der Waals surface area contributed by atoms with Crippen LogP contribution < -0.4 is 5.73 Å². The molecule has 1 aliphatic heterocycles. The standard InChI is InChI=1S/C11H14N4O3/c1-11(10(17)18)2-5-15(6-11)9(16)7-8(12)14-4-3-13-7/h3-4H,2,5-6H2,1H3,(H2,12,14)(H,17,18). The molecule has 1 saturated heterocycles. The first-order valence-corrected chi connectivity index (χ1v) is 5.53. The Bertz CT molecular complexity index is 505. The van der Waals surface area contributed by atoms with Crippen LogP contribution >= 0.6 is 0 Å². The predicted molar refractivity (Wildman–Crippen MR) is 62.7 cm³/mol. The highest BCUT2D eigenvalue weighted by Gasteiger charge is 2.42. The Morgan fingerprint density at radius 1 is 1.44 bits per heavy atom. The maximum absolute atomic E-state index is 12.1. The molecule has 1 fully saturated rings. The molecule has 2 rings (SSSR count). The lowest BCUT2D eigenvalue weighted by Crippen LogP contribution is -2.35. The fourth-order valence-electron chi connectivity index (χ4n) is 1.97. The van der Waals surface area contributed by atoms with Gasteiger partial charge in [0.25, 0.3) is 5.91 Å². The van der Waals surface area contributed by atoms with E-state index in [4.69, 9.17) is 10.8 Å². The molecule has 1 atom stereocenters. The van der Waals surface area contributed by atoms with E-state index in [0.29, 0.717) is 13.0 Å². The summed E-state index contributed by atoms with van der Waals surface area (Å²) in [6, 6.07) is 0. The number of aliphatic carboxylic acids is 1. The number of nitrogen functional groups attached to an aromatic ring is 1. The molecule has 0 spiro atoms. The normalized spacial score (nSPS) is 23.1. The summed E-state index contributed by atoms with van der Waals surface area (Å²) in [5.74, 6) is -1.21. The van der Waals surface area contributed by atoms with Crippen molar-refractivity contribution in [2.75, 3.05) is 18.8 Å². The average molecular weight is 250 g/mol. The van der Waals surface area contributed by atoms with Crippen molar-refractivity contribution < 1.29 is 14.7 Å². The van der Waals surface area contributed by atoms with Crippen LogP contribution in [-0.4, -0.2) is 44.9 Å². The minimum Gasteiger partial charge on any atom is -0.481 e. The number of hydrogen-bond acceptors (Lipinski definition) is 5. The minimum absolute atomic E-state index is 0.0615. The summed E-state index contributed by atoms with van der Waals surface area (Å²) in [7, 11) is 0. The maximum Gasteiger partial charge on any atom is 0.311 e. The molecule has 3 N–H and O–H groups in total. The van der Waals surface area contributed by atoms with Gasteiger partial charge in [0.2, 0.25) is 0 Å². The van der Waals surface area contributed by atoms with Crippen molar-refractivity contribution >= 4 is 17.7 Å². The van der Waals surface area contributed by atoms with E-state index in [1.54, 1.807) is 6.92 Å². The van der Waals surface area contributed by atoms with Crippen LogP contribution in [0.3, 0.4) is 0 Å². The molecular weight excluding hydrogens is 236 g/mol. The summed E-state index contributed by atoms with van der Waals surface area (Å²) in [6.07, 6.45) is 3.21. The second kappa shape index (κ2) is 4.25. The SMILES string of the molecule is CC1(C(=O)O)CCN(C(=O)c2nccnc2N)C1. The number of amides is 1. The van der Waals surface area contributed by atoms with Crippen LogP contribution in [0.4, 0.5) is 5.82 Å². The van der Waals surface area contributed by atoms with Gasteiger partial charge in [0.15, 0.2) is 11.5 Å². The second-order valence-electron chi connectivity index (χ2n) is 4.63. The van der Waals surface area contributed by atoms with Gasteiger partial charge in [0.05, 0.1) is 5.41 Å². The molecule has 0 bridgehead atoms. The van der Waals surface area contributed by atoms with Gasteiger partial charge in [0, 0.05) is 25.5 Å². The van der Waals surface area contributed by atoms with Gasteiger partial charge in [-0.15, -0.1) is 0 Å². The lowest BCUT2D eigenvalue weighted by Gasteiger charge is -2.20. The van der Waals surface area contributed by atoms with Crippen LogP contribution in [0.2, 0.25) is 0 Å². The van der Waals surface area contributed by atoms with Gasteiger partial charge < -0.3 is 15.7 Å². The van der Waals surface area contributed by atoms with Gasteiger partial charge in [-0.25, -0.2) is 9.97 Å². The monoisotopic (exact) mass is 250 g/mol. The Morgan fingerprint density at radius 2 is 2.11 bits per heavy atom. The van der Waals surface area contributed by atoms with Crippen LogP contribution in [0.25, 0.3) is 0 Å². The Kier molecular flexibility index (Phi) is 2.90. The molecule has 0 aromatic carbocycles. The van der Waals surface area contributed by atoms with E-state index >= 15 is 0 Å². The van der Waals surface area contributed by atoms with Crippen LogP contribution in [0.1, 0.15) is 23.8 Å². The molecule has 7 nitrogen and oxygen atoms in total. The molecule has 96 valence electrons. The summed E-state index contributed by atoms with van der Waals surface area (Å²) in [5.41, 5.74) is 4.76. The number of hydrogen-bond donors (Lipinski definition) is 2. The topological polar surface area (TPSA) is 109 Å². The molecule has 1 aliphatic rings. The maximum atomic E-state index is 12.1. The fraction of sp³-hybridized carbons (Fsp3) is 0.455. The van der Waals surface area contributed by atoms with E-state index < -0.39 is 11.4 Å². The number of rotatable bonds is 2. The van der Waals surface area contributed by atoms with Crippen LogP contribution in [-0.2, 0) is 4.79 Å². The summed E-state index contributed by atoms with van der Waals surface area (Å²) in [5, 5.41) is 9.11. The first kappa shape index (κ1) is 12.3. The zero-order valence-electron chi connectivity index (χ0n) is 9.96. The zero-order chi connectivity index (χ0) is 13.3. The third kappa shape index (κ3) is 1.99. The quantitative estimate of drug-likeness (QED) is 0.764. The Hall–Kier alpha value is -2.18. The van der Waals surface area contributed by atoms with E-state index in [1.165, 1.54) is 17.3 Å². The number of carboxylic acids is 1. The molecule has 18 heavy (non-hydrogen) atoms. The van der Waals surface area contributed by atoms with E-state index in [2.05, 4.69) is 9.97 Å². The van der Waals surface area contributed by atoms with Crippen LogP contribution in [0, 0.1) is 5.41 Å². The second-order valence-corrected chi connectivity index (χ2v) is 4.63. The number of nitrogens with two attached hydrogens (primary N) is 1. The number of anilines is 1. The third-order valence-corrected chi connectivity index (χ3v) is 3.21. The molecule has 2 heterocycles. The van der Waals surface area contributed by atoms with Crippen LogP contribution in [0.5, 0.6) is 0 Å². The Labute approximate surface area is 104 Å². The number of carbonyl (C=O) groups is 2. The highest BCUT2D eigenvalue weighted by Crippen LogP contribution is 2.31. The van der Waals surface area contributed by atoms with Gasteiger partial charge >= 0.3 is 5.97 Å². The van der Waals surface area contributed by atoms with Crippen molar-refractivity contribution in [3.8, 4) is 0 Å². The molecule has 0 radical (unpaired) electrons.